The Morgan fingerprint density at radius 3 is 2.62 bits per heavy atom. The van der Waals surface area contributed by atoms with Crippen LogP contribution in [0.15, 0.2) is 0 Å². The number of carbonyl (C=O) groups excluding carboxylic acids is 1. The highest BCUT2D eigenvalue weighted by atomic mass is 32.2. The van der Waals surface area contributed by atoms with Gasteiger partial charge in [0.05, 0.1) is 5.75 Å². The van der Waals surface area contributed by atoms with Gasteiger partial charge in [0.25, 0.3) is 5.12 Å². The number of hydrogen-bond donors (Lipinski definition) is 1. The first-order valence-electron chi connectivity index (χ1n) is 3.34. The van der Waals surface area contributed by atoms with Gasteiger partial charge in [0.15, 0.2) is 5.69 Å². The highest BCUT2D eigenvalue weighted by Gasteiger charge is 2.26. The van der Waals surface area contributed by atoms with Crippen molar-refractivity contribution in [1.82, 2.24) is 9.59 Å². The molecule has 0 atom stereocenters. The lowest BCUT2D eigenvalue weighted by Gasteiger charge is -1.95. The van der Waals surface area contributed by atoms with Crippen molar-refractivity contribution < 1.29 is 13.2 Å². The summed E-state index contributed by atoms with van der Waals surface area (Å²) in [7, 11) is -3.76. The molecule has 0 unspecified atom stereocenters. The minimum absolute atomic E-state index is 0.0297. The van der Waals surface area contributed by atoms with Crippen molar-refractivity contribution in [3.8, 4) is 0 Å². The molecular formula is C5H7N3O3S2. The predicted octanol–water partition coefficient (Wildman–Crippen LogP) is -0.305. The van der Waals surface area contributed by atoms with Crippen LogP contribution in [0.4, 0.5) is 5.00 Å². The third-order valence-electron chi connectivity index (χ3n) is 1.37. The van der Waals surface area contributed by atoms with E-state index < -0.39 is 15.0 Å². The maximum Gasteiger partial charge on any atom is 0.299 e. The minimum Gasteiger partial charge on any atom is -0.387 e. The first-order valence-corrected chi connectivity index (χ1v) is 5.76. The molecule has 1 aromatic heterocycles. The molecule has 72 valence electrons. The number of carbonyl (C=O) groups is 1. The summed E-state index contributed by atoms with van der Waals surface area (Å²) >= 11 is 0.791. The van der Waals surface area contributed by atoms with Crippen LogP contribution in [0.5, 0.6) is 0 Å². The quantitative estimate of drug-likeness (QED) is 0.735. The zero-order valence-electron chi connectivity index (χ0n) is 6.72. The van der Waals surface area contributed by atoms with Crippen LogP contribution in [0.2, 0.25) is 0 Å². The number of anilines is 1. The SMILES string of the molecule is CCS(=O)(=O)C(=O)c1nnsc1N. The summed E-state index contributed by atoms with van der Waals surface area (Å²) in [5, 5.41) is 2.32. The maximum absolute atomic E-state index is 11.2. The van der Waals surface area contributed by atoms with Crippen molar-refractivity contribution in [3.63, 3.8) is 0 Å². The van der Waals surface area contributed by atoms with Crippen molar-refractivity contribution in [2.75, 3.05) is 11.5 Å². The lowest BCUT2D eigenvalue weighted by molar-refractivity contribution is 0.107. The molecule has 0 aromatic carbocycles. The Hall–Kier alpha value is -1.02. The van der Waals surface area contributed by atoms with E-state index in [2.05, 4.69) is 9.59 Å². The van der Waals surface area contributed by atoms with Crippen LogP contribution < -0.4 is 5.73 Å². The molecule has 1 heterocycles. The molecule has 1 aromatic rings. The molecule has 2 N–H and O–H groups in total. The number of rotatable bonds is 2. The van der Waals surface area contributed by atoms with Crippen LogP contribution in [-0.2, 0) is 9.84 Å². The molecule has 0 aliphatic carbocycles. The van der Waals surface area contributed by atoms with Crippen LogP contribution in [0.25, 0.3) is 0 Å². The van der Waals surface area contributed by atoms with E-state index in [4.69, 9.17) is 5.73 Å². The average molecular weight is 221 g/mol. The minimum atomic E-state index is -3.76. The van der Waals surface area contributed by atoms with Crippen molar-refractivity contribution in [3.05, 3.63) is 5.69 Å². The number of nitrogen functional groups attached to an aromatic ring is 1. The van der Waals surface area contributed by atoms with Gasteiger partial charge in [-0.1, -0.05) is 11.4 Å². The number of nitrogens with two attached hydrogens (primary N) is 1. The summed E-state index contributed by atoms with van der Waals surface area (Å²) in [4.78, 5) is 11.2. The summed E-state index contributed by atoms with van der Waals surface area (Å²) < 4.78 is 25.5. The molecular weight excluding hydrogens is 214 g/mol. The third-order valence-corrected chi connectivity index (χ3v) is 3.44. The fourth-order valence-corrected chi connectivity index (χ4v) is 1.82. The fraction of sp³-hybridized carbons (Fsp3) is 0.400. The Labute approximate surface area is 78.8 Å². The molecule has 0 amide bonds. The van der Waals surface area contributed by atoms with Gasteiger partial charge >= 0.3 is 0 Å². The Bertz CT molecular complexity index is 422. The molecule has 0 aliphatic heterocycles. The smallest absolute Gasteiger partial charge is 0.299 e. The largest absolute Gasteiger partial charge is 0.387 e. The summed E-state index contributed by atoms with van der Waals surface area (Å²) in [6.45, 7) is 1.38. The van der Waals surface area contributed by atoms with Gasteiger partial charge in [-0.3, -0.25) is 4.79 Å². The Morgan fingerprint density at radius 1 is 1.62 bits per heavy atom. The van der Waals surface area contributed by atoms with Gasteiger partial charge in [-0.05, 0) is 0 Å². The summed E-state index contributed by atoms with van der Waals surface area (Å²) in [6.07, 6.45) is 0. The molecule has 6 nitrogen and oxygen atoms in total. The van der Waals surface area contributed by atoms with E-state index in [0.29, 0.717) is 0 Å². The van der Waals surface area contributed by atoms with Crippen LogP contribution in [0.3, 0.4) is 0 Å². The van der Waals surface area contributed by atoms with Crippen LogP contribution >= 0.6 is 11.5 Å². The van der Waals surface area contributed by atoms with Crippen molar-refractivity contribution in [2.45, 2.75) is 6.92 Å². The molecule has 0 radical (unpaired) electrons. The molecule has 0 fully saturated rings. The molecule has 0 spiro atoms. The second-order valence-corrected chi connectivity index (χ2v) is 5.14. The zero-order chi connectivity index (χ0) is 10.1. The molecule has 13 heavy (non-hydrogen) atoms. The van der Waals surface area contributed by atoms with E-state index in [0.717, 1.165) is 11.5 Å². The lowest BCUT2D eigenvalue weighted by Crippen LogP contribution is -2.18. The van der Waals surface area contributed by atoms with E-state index in [-0.39, 0.29) is 16.4 Å². The molecule has 0 aliphatic rings. The second kappa shape index (κ2) is 3.38. The topological polar surface area (TPSA) is 103 Å². The van der Waals surface area contributed by atoms with E-state index >= 15 is 0 Å². The Balaban J connectivity index is 3.14. The summed E-state index contributed by atoms with van der Waals surface area (Å²) in [5.41, 5.74) is 5.03. The van der Waals surface area contributed by atoms with Crippen molar-refractivity contribution in [2.24, 2.45) is 0 Å². The van der Waals surface area contributed by atoms with Gasteiger partial charge in [0.1, 0.15) is 5.00 Å². The van der Waals surface area contributed by atoms with Gasteiger partial charge in [-0.25, -0.2) is 8.42 Å². The van der Waals surface area contributed by atoms with Gasteiger partial charge in [-0.2, -0.15) is 0 Å². The monoisotopic (exact) mass is 221 g/mol. The molecule has 8 heteroatoms. The number of hydrogen-bond acceptors (Lipinski definition) is 7. The molecule has 0 saturated heterocycles. The predicted molar refractivity (Wildman–Crippen MR) is 48.1 cm³/mol. The molecule has 0 saturated carbocycles. The van der Waals surface area contributed by atoms with Crippen LogP contribution in [0.1, 0.15) is 17.4 Å². The molecule has 0 bridgehead atoms. The zero-order valence-corrected chi connectivity index (χ0v) is 8.35. The van der Waals surface area contributed by atoms with Gasteiger partial charge in [0, 0.05) is 11.5 Å². The standard InChI is InChI=1S/C5H7N3O3S2/c1-2-13(10,11)5(9)3-4(6)12-8-7-3/h2,6H2,1H3. The summed E-state index contributed by atoms with van der Waals surface area (Å²) in [6, 6.07) is 0. The van der Waals surface area contributed by atoms with Crippen LogP contribution in [0, 0.1) is 0 Å². The van der Waals surface area contributed by atoms with Gasteiger partial charge in [-0.15, -0.1) is 5.10 Å². The van der Waals surface area contributed by atoms with Gasteiger partial charge < -0.3 is 5.73 Å². The highest BCUT2D eigenvalue weighted by molar-refractivity contribution is 8.06. The lowest BCUT2D eigenvalue weighted by atomic mass is 10.5. The van der Waals surface area contributed by atoms with E-state index in [1.807, 2.05) is 0 Å². The normalized spacial score (nSPS) is 11.5. The third kappa shape index (κ3) is 1.83. The number of sulfone groups is 1. The highest BCUT2D eigenvalue weighted by Crippen LogP contribution is 2.15. The van der Waals surface area contributed by atoms with E-state index in [1.165, 1.54) is 6.92 Å². The second-order valence-electron chi connectivity index (χ2n) is 2.18. The molecule has 1 rings (SSSR count). The first kappa shape index (κ1) is 10.1. The van der Waals surface area contributed by atoms with E-state index in [9.17, 15) is 13.2 Å². The first-order chi connectivity index (χ1) is 5.99. The van der Waals surface area contributed by atoms with Crippen molar-refractivity contribution in [1.29, 1.82) is 0 Å². The summed E-state index contributed by atoms with van der Waals surface area (Å²) in [5.74, 6) is -0.261. The van der Waals surface area contributed by atoms with E-state index in [1.54, 1.807) is 0 Å². The number of nitrogens with zero attached hydrogens (tertiary/aromatic N) is 2. The average Bonchev–Trinajstić information content (AvgIpc) is 2.50. The van der Waals surface area contributed by atoms with Gasteiger partial charge in [0.2, 0.25) is 9.84 Å². The maximum atomic E-state index is 11.2. The Kier molecular flexibility index (Phi) is 2.62. The van der Waals surface area contributed by atoms with Crippen LogP contribution in [-0.4, -0.2) is 28.9 Å². The Morgan fingerprint density at radius 2 is 2.23 bits per heavy atom. The number of aromatic nitrogens is 2. The van der Waals surface area contributed by atoms with Crippen molar-refractivity contribution >= 4 is 31.5 Å². The fourth-order valence-electron chi connectivity index (χ4n) is 0.618.